The number of aromatic nitrogens is 1. The Bertz CT molecular complexity index is 1340. The molecule has 0 bridgehead atoms. The van der Waals surface area contributed by atoms with E-state index in [1.165, 1.54) is 5.56 Å². The van der Waals surface area contributed by atoms with Crippen LogP contribution >= 0.6 is 0 Å². The van der Waals surface area contributed by atoms with Crippen molar-refractivity contribution in [2.75, 3.05) is 5.32 Å². The monoisotopic (exact) mass is 450 g/mol. The van der Waals surface area contributed by atoms with E-state index in [4.69, 9.17) is 0 Å². The number of aliphatic imine (C=N–C) groups is 1. The smallest absolute Gasteiger partial charge is 0.316 e. The lowest BCUT2D eigenvalue weighted by atomic mass is 9.88. The minimum Gasteiger partial charge on any atom is -0.316 e. The van der Waals surface area contributed by atoms with Crippen molar-refractivity contribution in [1.29, 1.82) is 0 Å². The lowest BCUT2D eigenvalue weighted by molar-refractivity contribution is -0.122. The van der Waals surface area contributed by atoms with E-state index in [1.54, 1.807) is 11.1 Å². The minimum atomic E-state index is -0.308. The fourth-order valence-electron chi connectivity index (χ4n) is 4.63. The van der Waals surface area contributed by atoms with Crippen molar-refractivity contribution in [3.63, 3.8) is 0 Å². The summed E-state index contributed by atoms with van der Waals surface area (Å²) < 4.78 is 0. The molecule has 0 aliphatic carbocycles. The van der Waals surface area contributed by atoms with Crippen molar-refractivity contribution in [1.82, 2.24) is 15.3 Å². The Balaban J connectivity index is 1.13. The van der Waals surface area contributed by atoms with Crippen LogP contribution in [0.15, 0.2) is 71.0 Å². The molecule has 1 atom stereocenters. The number of carbonyl (C=O) groups is 2. The van der Waals surface area contributed by atoms with Gasteiger partial charge in [0.05, 0.1) is 18.2 Å². The summed E-state index contributed by atoms with van der Waals surface area (Å²) in [5.41, 5.74) is 10.5. The van der Waals surface area contributed by atoms with Gasteiger partial charge in [0, 0.05) is 43.8 Å². The maximum absolute atomic E-state index is 12.7. The van der Waals surface area contributed by atoms with Gasteiger partial charge < -0.3 is 10.2 Å². The summed E-state index contributed by atoms with van der Waals surface area (Å²) in [5.74, 6) is -0.415. The highest BCUT2D eigenvalue weighted by Gasteiger charge is 2.28. The number of benzene rings is 2. The average molecular weight is 451 g/mol. The third-order valence-corrected chi connectivity index (χ3v) is 6.56. The van der Waals surface area contributed by atoms with E-state index in [0.29, 0.717) is 31.7 Å². The van der Waals surface area contributed by atoms with Crippen LogP contribution in [0.4, 0.5) is 10.5 Å². The van der Waals surface area contributed by atoms with E-state index in [-0.39, 0.29) is 17.9 Å². The number of rotatable bonds is 3. The number of urea groups is 1. The van der Waals surface area contributed by atoms with E-state index in [9.17, 15) is 9.59 Å². The lowest BCUT2D eigenvalue weighted by Crippen LogP contribution is -2.33. The molecule has 168 valence electrons. The van der Waals surface area contributed by atoms with Crippen molar-refractivity contribution in [2.45, 2.75) is 32.0 Å². The number of hydrogen-bond acceptors (Lipinski definition) is 5. The van der Waals surface area contributed by atoms with Gasteiger partial charge in [-0.3, -0.25) is 14.8 Å². The van der Waals surface area contributed by atoms with E-state index < -0.39 is 0 Å². The Hall–Kier alpha value is -4.33. The molecular weight excluding hydrogens is 428 g/mol. The number of nitrogens with zero attached hydrogens (tertiary/aromatic N) is 4. The van der Waals surface area contributed by atoms with E-state index in [1.807, 2.05) is 60.9 Å². The van der Waals surface area contributed by atoms with Crippen LogP contribution < -0.4 is 10.7 Å². The van der Waals surface area contributed by atoms with Gasteiger partial charge in [-0.2, -0.15) is 5.10 Å². The highest BCUT2D eigenvalue weighted by molar-refractivity contribution is 6.06. The first-order valence-electron chi connectivity index (χ1n) is 11.2. The number of fused-ring (bicyclic) bond motifs is 2. The van der Waals surface area contributed by atoms with Crippen LogP contribution in [0.1, 0.15) is 45.7 Å². The van der Waals surface area contributed by atoms with E-state index >= 15 is 0 Å². The summed E-state index contributed by atoms with van der Waals surface area (Å²) in [4.78, 5) is 35.4. The Morgan fingerprint density at radius 1 is 1.03 bits per heavy atom. The summed E-state index contributed by atoms with van der Waals surface area (Å²) in [6.45, 7) is 1.83. The third kappa shape index (κ3) is 3.73. The van der Waals surface area contributed by atoms with Crippen LogP contribution in [0.3, 0.4) is 0 Å². The molecule has 3 aliphatic rings. The zero-order valence-electron chi connectivity index (χ0n) is 18.4. The van der Waals surface area contributed by atoms with Crippen LogP contribution in [-0.4, -0.2) is 33.7 Å². The second-order valence-electron chi connectivity index (χ2n) is 8.73. The zero-order chi connectivity index (χ0) is 23.1. The Labute approximate surface area is 196 Å². The van der Waals surface area contributed by atoms with Gasteiger partial charge in [0.15, 0.2) is 0 Å². The highest BCUT2D eigenvalue weighted by Crippen LogP contribution is 2.29. The minimum absolute atomic E-state index is 0.107. The number of hydrazone groups is 1. The normalized spacial score (nSPS) is 18.2. The third-order valence-electron chi connectivity index (χ3n) is 6.56. The van der Waals surface area contributed by atoms with Gasteiger partial charge in [0.2, 0.25) is 5.91 Å². The number of carbonyl (C=O) groups excluding carboxylic acids is 2. The first-order valence-corrected chi connectivity index (χ1v) is 11.2. The van der Waals surface area contributed by atoms with Gasteiger partial charge in [-0.05, 0) is 57.6 Å². The molecule has 0 spiro atoms. The molecule has 2 N–H and O–H groups in total. The Morgan fingerprint density at radius 2 is 1.88 bits per heavy atom. The van der Waals surface area contributed by atoms with Crippen molar-refractivity contribution < 1.29 is 9.59 Å². The summed E-state index contributed by atoms with van der Waals surface area (Å²) in [5, 5.41) is 7.25. The van der Waals surface area contributed by atoms with Gasteiger partial charge in [0.1, 0.15) is 0 Å². The maximum Gasteiger partial charge on any atom is 0.322 e. The first kappa shape index (κ1) is 20.3. The number of anilines is 1. The Kier molecular flexibility index (Phi) is 4.91. The molecule has 2 aromatic carbocycles. The molecule has 4 heterocycles. The topological polar surface area (TPSA) is 99.0 Å². The summed E-state index contributed by atoms with van der Waals surface area (Å²) >= 11 is 0. The molecule has 1 unspecified atom stereocenters. The van der Waals surface area contributed by atoms with E-state index in [0.717, 1.165) is 33.5 Å². The van der Waals surface area contributed by atoms with Crippen molar-refractivity contribution in [2.24, 2.45) is 10.1 Å². The fourth-order valence-corrected chi connectivity index (χ4v) is 4.63. The molecule has 0 saturated carbocycles. The molecule has 8 nitrogen and oxygen atoms in total. The second kappa shape index (κ2) is 8.22. The maximum atomic E-state index is 12.7. The van der Waals surface area contributed by atoms with Gasteiger partial charge in [-0.1, -0.05) is 24.3 Å². The van der Waals surface area contributed by atoms with Crippen molar-refractivity contribution in [3.8, 4) is 0 Å². The van der Waals surface area contributed by atoms with Crippen LogP contribution in [0.5, 0.6) is 0 Å². The second-order valence-corrected chi connectivity index (χ2v) is 8.73. The molecule has 0 saturated heterocycles. The lowest BCUT2D eigenvalue weighted by Gasteiger charge is -2.22. The van der Waals surface area contributed by atoms with Gasteiger partial charge >= 0.3 is 6.03 Å². The summed E-state index contributed by atoms with van der Waals surface area (Å²) in [6.07, 6.45) is 5.93. The number of pyridine rings is 1. The summed E-state index contributed by atoms with van der Waals surface area (Å²) in [6, 6.07) is 15.5. The molecule has 3 aliphatic heterocycles. The van der Waals surface area contributed by atoms with Crippen LogP contribution in [0.25, 0.3) is 0 Å². The van der Waals surface area contributed by atoms with Crippen LogP contribution in [-0.2, 0) is 24.4 Å². The first-order chi connectivity index (χ1) is 16.6. The predicted octanol–water partition coefficient (Wildman–Crippen LogP) is 3.57. The molecule has 6 rings (SSSR count). The fraction of sp³-hybridized carbons (Fsp3) is 0.192. The molecule has 0 radical (unpaired) electrons. The zero-order valence-corrected chi connectivity index (χ0v) is 18.4. The van der Waals surface area contributed by atoms with Crippen LogP contribution in [0.2, 0.25) is 0 Å². The molecule has 34 heavy (non-hydrogen) atoms. The van der Waals surface area contributed by atoms with E-state index in [2.05, 4.69) is 25.8 Å². The quantitative estimate of drug-likeness (QED) is 0.638. The summed E-state index contributed by atoms with van der Waals surface area (Å²) in [7, 11) is 0. The average Bonchev–Trinajstić information content (AvgIpc) is 3.51. The molecule has 1 aromatic heterocycles. The molecular formula is C26H22N6O2. The molecule has 8 heteroatoms. The van der Waals surface area contributed by atoms with Crippen molar-refractivity contribution in [3.05, 3.63) is 94.3 Å². The highest BCUT2D eigenvalue weighted by atomic mass is 16.2. The number of amides is 3. The van der Waals surface area contributed by atoms with Crippen molar-refractivity contribution >= 4 is 29.6 Å². The van der Waals surface area contributed by atoms with Crippen LogP contribution in [0, 0.1) is 0 Å². The number of nitrogens with one attached hydrogen (secondary N) is 2. The molecule has 3 aromatic rings. The number of hydrogen-bond donors (Lipinski definition) is 2. The van der Waals surface area contributed by atoms with Gasteiger partial charge in [-0.25, -0.2) is 10.2 Å². The standard InChI is InChI=1S/C26H22N6O2/c33-25-23(17-1-2-18-11-28-12-20(18)9-17)10-24(30-31-25)16-3-5-22(6-4-16)29-26(34)32-14-19-7-8-27-13-21(19)15-32/h1-9,12-13,23H,10-11,14-15H2,(H,29,34)(H,31,33). The van der Waals surface area contributed by atoms with Gasteiger partial charge in [-0.15, -0.1) is 0 Å². The molecule has 0 fully saturated rings. The van der Waals surface area contributed by atoms with Gasteiger partial charge in [0.25, 0.3) is 0 Å². The predicted molar refractivity (Wildman–Crippen MR) is 129 cm³/mol. The largest absolute Gasteiger partial charge is 0.322 e. The SMILES string of the molecule is O=C1NN=C(c2ccc(NC(=O)N3Cc4ccncc4C3)cc2)CC1c1ccc2c(c1)C=NC2. The molecule has 3 amide bonds. The Morgan fingerprint density at radius 3 is 2.74 bits per heavy atom.